The largest absolute Gasteiger partial charge is 0.326 e. The molecule has 150 valence electrons. The minimum absolute atomic E-state index is 0.0945. The second-order valence-corrected chi connectivity index (χ2v) is 8.27. The van der Waals surface area contributed by atoms with Gasteiger partial charge in [-0.25, -0.2) is 4.99 Å². The van der Waals surface area contributed by atoms with Crippen molar-refractivity contribution < 1.29 is 9.59 Å². The predicted octanol–water partition coefficient (Wildman–Crippen LogP) is 4.76. The van der Waals surface area contributed by atoms with Crippen LogP contribution in [0.4, 0.5) is 11.4 Å². The number of carbonyl (C=O) groups excluding carboxylic acids is 2. The van der Waals surface area contributed by atoms with Crippen molar-refractivity contribution in [2.75, 3.05) is 11.9 Å². The van der Waals surface area contributed by atoms with Crippen molar-refractivity contribution in [2.45, 2.75) is 32.4 Å². The third kappa shape index (κ3) is 4.95. The van der Waals surface area contributed by atoms with E-state index in [-0.39, 0.29) is 18.2 Å². The first-order valence-electron chi connectivity index (χ1n) is 9.49. The molecule has 1 saturated heterocycles. The van der Waals surface area contributed by atoms with E-state index in [1.54, 1.807) is 11.0 Å². The van der Waals surface area contributed by atoms with Crippen molar-refractivity contribution in [1.29, 1.82) is 0 Å². The van der Waals surface area contributed by atoms with Gasteiger partial charge in [0.15, 0.2) is 5.17 Å². The maximum absolute atomic E-state index is 12.9. The monoisotopic (exact) mass is 407 g/mol. The van der Waals surface area contributed by atoms with E-state index in [4.69, 9.17) is 4.99 Å². The van der Waals surface area contributed by atoms with Gasteiger partial charge in [0.05, 0.1) is 5.69 Å². The fourth-order valence-electron chi connectivity index (χ4n) is 3.05. The molecule has 6 heteroatoms. The van der Waals surface area contributed by atoms with Crippen LogP contribution >= 0.6 is 11.8 Å². The van der Waals surface area contributed by atoms with Gasteiger partial charge in [0, 0.05) is 18.7 Å². The first-order valence-corrected chi connectivity index (χ1v) is 10.4. The van der Waals surface area contributed by atoms with Crippen molar-refractivity contribution >= 4 is 40.1 Å². The van der Waals surface area contributed by atoms with Gasteiger partial charge in [0.2, 0.25) is 11.8 Å². The van der Waals surface area contributed by atoms with Gasteiger partial charge in [-0.05, 0) is 49.6 Å². The summed E-state index contributed by atoms with van der Waals surface area (Å²) in [6.45, 7) is 10.1. The molecule has 0 aliphatic carbocycles. The summed E-state index contributed by atoms with van der Waals surface area (Å²) in [5.41, 5.74) is 4.72. The van der Waals surface area contributed by atoms with Gasteiger partial charge in [-0.15, -0.1) is 6.58 Å². The topological polar surface area (TPSA) is 61.8 Å². The van der Waals surface area contributed by atoms with Crippen LogP contribution in [0.15, 0.2) is 60.1 Å². The highest BCUT2D eigenvalue weighted by molar-refractivity contribution is 8.15. The van der Waals surface area contributed by atoms with E-state index in [9.17, 15) is 9.59 Å². The van der Waals surface area contributed by atoms with Crippen molar-refractivity contribution in [3.05, 3.63) is 71.8 Å². The van der Waals surface area contributed by atoms with E-state index >= 15 is 0 Å². The van der Waals surface area contributed by atoms with Crippen LogP contribution in [-0.2, 0) is 9.59 Å². The van der Waals surface area contributed by atoms with E-state index in [2.05, 4.69) is 11.9 Å². The number of rotatable bonds is 6. The smallest absolute Gasteiger partial charge is 0.242 e. The fraction of sp³-hybridized carbons (Fsp3) is 0.261. The lowest BCUT2D eigenvalue weighted by Gasteiger charge is -2.14. The van der Waals surface area contributed by atoms with E-state index in [0.717, 1.165) is 28.1 Å². The fourth-order valence-corrected chi connectivity index (χ4v) is 4.21. The second kappa shape index (κ2) is 9.09. The van der Waals surface area contributed by atoms with Crippen LogP contribution in [0.1, 0.15) is 23.1 Å². The molecule has 1 fully saturated rings. The number of thioether (sulfide) groups is 1. The first kappa shape index (κ1) is 20.9. The molecule has 0 aromatic heterocycles. The quantitative estimate of drug-likeness (QED) is 0.703. The zero-order chi connectivity index (χ0) is 21.0. The molecule has 0 radical (unpaired) electrons. The molecule has 1 heterocycles. The number of amides is 2. The van der Waals surface area contributed by atoms with Gasteiger partial charge >= 0.3 is 0 Å². The molecule has 29 heavy (non-hydrogen) atoms. The van der Waals surface area contributed by atoms with Gasteiger partial charge in [-0.2, -0.15) is 0 Å². The van der Waals surface area contributed by atoms with Crippen molar-refractivity contribution in [1.82, 2.24) is 4.90 Å². The molecular formula is C23H25N3O2S. The van der Waals surface area contributed by atoms with Crippen molar-refractivity contribution in [3.8, 4) is 0 Å². The van der Waals surface area contributed by atoms with E-state index < -0.39 is 5.25 Å². The Morgan fingerprint density at radius 3 is 2.69 bits per heavy atom. The van der Waals surface area contributed by atoms with Crippen LogP contribution in [0, 0.1) is 20.8 Å². The van der Waals surface area contributed by atoms with Crippen LogP contribution in [0.5, 0.6) is 0 Å². The van der Waals surface area contributed by atoms with Gasteiger partial charge in [0.25, 0.3) is 0 Å². The molecule has 1 aliphatic rings. The summed E-state index contributed by atoms with van der Waals surface area (Å²) in [6.07, 6.45) is 1.77. The Hall–Kier alpha value is -2.86. The highest BCUT2D eigenvalue weighted by Crippen LogP contribution is 2.33. The molecule has 5 nitrogen and oxygen atoms in total. The van der Waals surface area contributed by atoms with Gasteiger partial charge in [0.1, 0.15) is 5.25 Å². The molecule has 0 bridgehead atoms. The normalized spacial score (nSPS) is 17.6. The number of para-hydroxylation sites is 1. The molecule has 1 N–H and O–H groups in total. The highest BCUT2D eigenvalue weighted by atomic mass is 32.2. The van der Waals surface area contributed by atoms with Crippen LogP contribution in [0.25, 0.3) is 0 Å². The number of benzene rings is 2. The van der Waals surface area contributed by atoms with Crippen molar-refractivity contribution in [2.24, 2.45) is 4.99 Å². The molecule has 0 spiro atoms. The number of aryl methyl sites for hydroxylation is 3. The average molecular weight is 408 g/mol. The Morgan fingerprint density at radius 1 is 1.21 bits per heavy atom. The summed E-state index contributed by atoms with van der Waals surface area (Å²) in [5, 5.41) is 3.01. The lowest BCUT2D eigenvalue weighted by molar-refractivity contribution is -0.127. The SMILES string of the molecule is C=CCN1C(=O)[C@H](CC(=O)Nc2ccccc2C)SC1=Nc1cc(C)ccc1C. The molecular weight excluding hydrogens is 382 g/mol. The summed E-state index contributed by atoms with van der Waals surface area (Å²) < 4.78 is 0. The number of carbonyl (C=O) groups is 2. The second-order valence-electron chi connectivity index (χ2n) is 7.10. The zero-order valence-corrected chi connectivity index (χ0v) is 17.8. The molecule has 2 amide bonds. The maximum atomic E-state index is 12.9. The standard InChI is InChI=1S/C23H25N3O2S/c1-5-12-26-22(28)20(14-21(27)24-18-9-7-6-8-16(18)3)29-23(26)25-19-13-15(2)10-11-17(19)4/h5-11,13,20H,1,12,14H2,2-4H3,(H,24,27)/t20-/m0/s1. The van der Waals surface area contributed by atoms with Gasteiger partial charge in [-0.3, -0.25) is 14.5 Å². The summed E-state index contributed by atoms with van der Waals surface area (Å²) >= 11 is 1.34. The number of nitrogens with one attached hydrogen (secondary N) is 1. The molecule has 0 saturated carbocycles. The lowest BCUT2D eigenvalue weighted by Crippen LogP contribution is -2.33. The lowest BCUT2D eigenvalue weighted by atomic mass is 10.1. The van der Waals surface area contributed by atoms with Gasteiger partial charge < -0.3 is 5.32 Å². The summed E-state index contributed by atoms with van der Waals surface area (Å²) in [7, 11) is 0. The molecule has 2 aromatic carbocycles. The number of amidine groups is 1. The van der Waals surface area contributed by atoms with E-state index in [0.29, 0.717) is 11.7 Å². The third-order valence-corrected chi connectivity index (χ3v) is 5.88. The molecule has 0 unspecified atom stereocenters. The minimum Gasteiger partial charge on any atom is -0.326 e. The maximum Gasteiger partial charge on any atom is 0.242 e. The number of hydrogen-bond donors (Lipinski definition) is 1. The Kier molecular flexibility index (Phi) is 6.54. The Morgan fingerprint density at radius 2 is 1.97 bits per heavy atom. The highest BCUT2D eigenvalue weighted by Gasteiger charge is 2.38. The summed E-state index contributed by atoms with van der Waals surface area (Å²) in [5.74, 6) is -0.296. The Balaban J connectivity index is 1.79. The van der Waals surface area contributed by atoms with Crippen LogP contribution in [-0.4, -0.2) is 33.7 Å². The average Bonchev–Trinajstić information content (AvgIpc) is 2.96. The van der Waals surface area contributed by atoms with E-state index in [1.165, 1.54) is 11.8 Å². The number of nitrogens with zero attached hydrogens (tertiary/aromatic N) is 2. The number of hydrogen-bond acceptors (Lipinski definition) is 4. The Labute approximate surface area is 175 Å². The van der Waals surface area contributed by atoms with E-state index in [1.807, 2.05) is 63.2 Å². The summed E-state index contributed by atoms with van der Waals surface area (Å²) in [6, 6.07) is 13.6. The summed E-state index contributed by atoms with van der Waals surface area (Å²) in [4.78, 5) is 31.8. The third-order valence-electron chi connectivity index (χ3n) is 4.70. The van der Waals surface area contributed by atoms with Crippen LogP contribution in [0.3, 0.4) is 0 Å². The van der Waals surface area contributed by atoms with Gasteiger partial charge in [-0.1, -0.05) is 48.2 Å². The molecule has 1 atom stereocenters. The zero-order valence-electron chi connectivity index (χ0n) is 16.9. The predicted molar refractivity (Wildman–Crippen MR) is 121 cm³/mol. The number of aliphatic imine (C=N–C) groups is 1. The molecule has 1 aliphatic heterocycles. The number of anilines is 1. The van der Waals surface area contributed by atoms with Crippen molar-refractivity contribution in [3.63, 3.8) is 0 Å². The first-order chi connectivity index (χ1) is 13.9. The molecule has 3 rings (SSSR count). The molecule has 2 aromatic rings. The minimum atomic E-state index is -0.497. The van der Waals surface area contributed by atoms with Crippen LogP contribution < -0.4 is 5.32 Å². The Bertz CT molecular complexity index is 984. The van der Waals surface area contributed by atoms with Crippen LogP contribution in [0.2, 0.25) is 0 Å².